The van der Waals surface area contributed by atoms with E-state index in [4.69, 9.17) is 5.73 Å². The van der Waals surface area contributed by atoms with Crippen molar-refractivity contribution in [3.63, 3.8) is 0 Å². The van der Waals surface area contributed by atoms with Gasteiger partial charge in [0.05, 0.1) is 5.52 Å². The second kappa shape index (κ2) is 7.78. The molecule has 2 N–H and O–H groups in total. The first-order chi connectivity index (χ1) is 14.4. The van der Waals surface area contributed by atoms with E-state index in [1.54, 1.807) is 25.5 Å². The van der Waals surface area contributed by atoms with Gasteiger partial charge in [0.2, 0.25) is 0 Å². The van der Waals surface area contributed by atoms with Crippen molar-refractivity contribution in [1.29, 1.82) is 0 Å². The topological polar surface area (TPSA) is 84.5 Å². The second-order valence-corrected chi connectivity index (χ2v) is 7.34. The number of nitrogens with two attached hydrogens (primary N) is 1. The smallest absolute Gasteiger partial charge is 0.272 e. The number of fused-ring (bicyclic) bond motifs is 1. The molecule has 1 saturated heterocycles. The number of piperidine rings is 1. The highest BCUT2D eigenvalue weighted by atomic mass is 19.3. The number of aromatic nitrogens is 2. The molecule has 0 bridgehead atoms. The summed E-state index contributed by atoms with van der Waals surface area (Å²) < 4.78 is 26.8. The van der Waals surface area contributed by atoms with Gasteiger partial charge in [0.25, 0.3) is 11.8 Å². The maximum absolute atomic E-state index is 13.4. The molecule has 0 unspecified atom stereocenters. The van der Waals surface area contributed by atoms with Gasteiger partial charge in [0, 0.05) is 61.9 Å². The van der Waals surface area contributed by atoms with Gasteiger partial charge < -0.3 is 10.6 Å². The minimum Gasteiger partial charge on any atom is -0.383 e. The van der Waals surface area contributed by atoms with Crippen molar-refractivity contribution in [3.8, 4) is 11.1 Å². The van der Waals surface area contributed by atoms with Crippen LogP contribution in [0.3, 0.4) is 0 Å². The average Bonchev–Trinajstić information content (AvgIpc) is 2.74. The first kappa shape index (κ1) is 19.9. The Hall–Kier alpha value is -3.42. The predicted molar refractivity (Wildman–Crippen MR) is 113 cm³/mol. The van der Waals surface area contributed by atoms with Crippen molar-refractivity contribution in [3.05, 3.63) is 53.9 Å². The molecular weight excluding hydrogens is 388 g/mol. The lowest BCUT2D eigenvalue weighted by Gasteiger charge is -2.31. The highest BCUT2D eigenvalue weighted by Crippen LogP contribution is 2.29. The summed E-state index contributed by atoms with van der Waals surface area (Å²) in [5, 5.41) is 0.874. The number of likely N-dealkylation sites (tertiary alicyclic amines) is 1. The van der Waals surface area contributed by atoms with Crippen LogP contribution in [0.15, 0.2) is 47.6 Å². The standard InChI is InChI=1S/C22H21F2N5O/c1-26-12-17-10-16(13-27-20(17)25)15-3-2-14-4-5-18(28-19(14)11-15)21(30)29-8-6-22(23,24)7-9-29/h2-5,10-13H,6-9H2,1H3,(H2,25,27). The van der Waals surface area contributed by atoms with Crippen LogP contribution < -0.4 is 5.73 Å². The van der Waals surface area contributed by atoms with Crippen LogP contribution >= 0.6 is 0 Å². The Balaban J connectivity index is 1.65. The van der Waals surface area contributed by atoms with Gasteiger partial charge in [-0.15, -0.1) is 0 Å². The van der Waals surface area contributed by atoms with Crippen LogP contribution in [0.4, 0.5) is 14.6 Å². The fraction of sp³-hybridized carbons (Fsp3) is 0.273. The predicted octanol–water partition coefficient (Wildman–Crippen LogP) is 3.80. The first-order valence-corrected chi connectivity index (χ1v) is 9.62. The molecule has 3 heterocycles. The number of carbonyl (C=O) groups excluding carboxylic acids is 1. The zero-order chi connectivity index (χ0) is 21.3. The molecule has 0 atom stereocenters. The van der Waals surface area contributed by atoms with Crippen molar-refractivity contribution in [2.75, 3.05) is 25.9 Å². The van der Waals surface area contributed by atoms with Gasteiger partial charge in [-0.1, -0.05) is 18.2 Å². The van der Waals surface area contributed by atoms with E-state index in [0.29, 0.717) is 16.9 Å². The summed E-state index contributed by atoms with van der Waals surface area (Å²) in [6.07, 6.45) is 2.68. The summed E-state index contributed by atoms with van der Waals surface area (Å²) in [4.78, 5) is 26.9. The molecule has 4 rings (SSSR count). The van der Waals surface area contributed by atoms with E-state index >= 15 is 0 Å². The minimum absolute atomic E-state index is 0.0322. The molecule has 3 aromatic rings. The van der Waals surface area contributed by atoms with Crippen LogP contribution in [0.25, 0.3) is 22.0 Å². The van der Waals surface area contributed by atoms with Crippen LogP contribution in [0, 0.1) is 0 Å². The Morgan fingerprint density at radius 3 is 2.63 bits per heavy atom. The number of halogens is 2. The summed E-state index contributed by atoms with van der Waals surface area (Å²) >= 11 is 0. The SMILES string of the molecule is CN=Cc1cc(-c2ccc3ccc(C(=O)N4CCC(F)(F)CC4)nc3c2)cnc1N. The van der Waals surface area contributed by atoms with E-state index < -0.39 is 5.92 Å². The van der Waals surface area contributed by atoms with Crippen LogP contribution in [0.5, 0.6) is 0 Å². The van der Waals surface area contributed by atoms with Crippen LogP contribution in [0.1, 0.15) is 28.9 Å². The van der Waals surface area contributed by atoms with E-state index in [1.165, 1.54) is 4.90 Å². The summed E-state index contributed by atoms with van der Waals surface area (Å²) in [6, 6.07) is 11.1. The van der Waals surface area contributed by atoms with Crippen LogP contribution in [-0.2, 0) is 0 Å². The molecule has 1 aromatic carbocycles. The number of carbonyl (C=O) groups is 1. The van der Waals surface area contributed by atoms with E-state index in [1.807, 2.05) is 30.3 Å². The number of hydrogen-bond donors (Lipinski definition) is 1. The van der Waals surface area contributed by atoms with Crippen molar-refractivity contribution >= 4 is 28.8 Å². The largest absolute Gasteiger partial charge is 0.383 e. The highest BCUT2D eigenvalue weighted by molar-refractivity contribution is 5.96. The Kier molecular flexibility index (Phi) is 5.15. The highest BCUT2D eigenvalue weighted by Gasteiger charge is 2.36. The van der Waals surface area contributed by atoms with E-state index in [0.717, 1.165) is 16.5 Å². The molecule has 6 nitrogen and oxygen atoms in total. The fourth-order valence-corrected chi connectivity index (χ4v) is 3.51. The Morgan fingerprint density at radius 1 is 1.17 bits per heavy atom. The third-order valence-electron chi connectivity index (χ3n) is 5.24. The van der Waals surface area contributed by atoms with Crippen molar-refractivity contribution < 1.29 is 13.6 Å². The monoisotopic (exact) mass is 409 g/mol. The third kappa shape index (κ3) is 3.98. The van der Waals surface area contributed by atoms with Gasteiger partial charge in [0.1, 0.15) is 11.5 Å². The van der Waals surface area contributed by atoms with Crippen molar-refractivity contribution in [1.82, 2.24) is 14.9 Å². The fourth-order valence-electron chi connectivity index (χ4n) is 3.51. The summed E-state index contributed by atoms with van der Waals surface area (Å²) in [5.74, 6) is -2.63. The summed E-state index contributed by atoms with van der Waals surface area (Å²) in [6.45, 7) is 0.0644. The lowest BCUT2D eigenvalue weighted by atomic mass is 10.0. The van der Waals surface area contributed by atoms with Gasteiger partial charge in [-0.05, 0) is 23.8 Å². The molecular formula is C22H21F2N5O. The summed E-state index contributed by atoms with van der Waals surface area (Å²) in [7, 11) is 1.66. The molecule has 2 aromatic heterocycles. The minimum atomic E-state index is -2.70. The van der Waals surface area contributed by atoms with E-state index in [9.17, 15) is 13.6 Å². The van der Waals surface area contributed by atoms with Gasteiger partial charge in [-0.3, -0.25) is 9.79 Å². The molecule has 1 fully saturated rings. The lowest BCUT2D eigenvalue weighted by Crippen LogP contribution is -2.42. The summed E-state index contributed by atoms with van der Waals surface area (Å²) in [5.41, 5.74) is 9.20. The molecule has 1 aliphatic rings. The molecule has 0 spiro atoms. The maximum Gasteiger partial charge on any atom is 0.272 e. The van der Waals surface area contributed by atoms with E-state index in [2.05, 4.69) is 15.0 Å². The zero-order valence-electron chi connectivity index (χ0n) is 16.5. The number of nitrogen functional groups attached to an aromatic ring is 1. The Bertz CT molecular complexity index is 1140. The van der Waals surface area contributed by atoms with Gasteiger partial charge >= 0.3 is 0 Å². The molecule has 30 heavy (non-hydrogen) atoms. The Labute approximate surface area is 172 Å². The maximum atomic E-state index is 13.4. The lowest BCUT2D eigenvalue weighted by molar-refractivity contribution is -0.0495. The zero-order valence-corrected chi connectivity index (χ0v) is 16.5. The molecule has 0 aliphatic carbocycles. The number of aliphatic imine (C=N–C) groups is 1. The van der Waals surface area contributed by atoms with Gasteiger partial charge in [-0.25, -0.2) is 18.7 Å². The molecule has 0 saturated carbocycles. The number of anilines is 1. The molecule has 8 heteroatoms. The number of nitrogens with zero attached hydrogens (tertiary/aromatic N) is 4. The molecule has 154 valence electrons. The molecule has 1 amide bonds. The normalized spacial score (nSPS) is 16.3. The van der Waals surface area contributed by atoms with Gasteiger partial charge in [0.15, 0.2) is 0 Å². The number of amides is 1. The van der Waals surface area contributed by atoms with Crippen molar-refractivity contribution in [2.24, 2.45) is 4.99 Å². The number of pyridine rings is 2. The number of alkyl halides is 2. The van der Waals surface area contributed by atoms with Gasteiger partial charge in [-0.2, -0.15) is 0 Å². The molecule has 1 aliphatic heterocycles. The average molecular weight is 409 g/mol. The second-order valence-electron chi connectivity index (χ2n) is 7.34. The van der Waals surface area contributed by atoms with E-state index in [-0.39, 0.29) is 37.5 Å². The Morgan fingerprint density at radius 2 is 1.90 bits per heavy atom. The number of hydrogen-bond acceptors (Lipinski definition) is 5. The van der Waals surface area contributed by atoms with Crippen molar-refractivity contribution in [2.45, 2.75) is 18.8 Å². The first-order valence-electron chi connectivity index (χ1n) is 9.62. The molecule has 0 radical (unpaired) electrons. The van der Waals surface area contributed by atoms with Crippen LogP contribution in [0.2, 0.25) is 0 Å². The third-order valence-corrected chi connectivity index (χ3v) is 5.24. The van der Waals surface area contributed by atoms with Crippen LogP contribution in [-0.4, -0.2) is 53.0 Å². The number of rotatable bonds is 3. The quantitative estimate of drug-likeness (QED) is 0.667. The number of benzene rings is 1.